The Kier molecular flexibility index (Phi) is 4.35. The Morgan fingerprint density at radius 3 is 2.62 bits per heavy atom. The number of hydrogen-bond acceptors (Lipinski definition) is 4. The van der Waals surface area contributed by atoms with E-state index in [9.17, 15) is 9.59 Å². The van der Waals surface area contributed by atoms with E-state index in [4.69, 9.17) is 11.6 Å². The number of fused-ring (bicyclic) bond motifs is 2. The van der Waals surface area contributed by atoms with Crippen LogP contribution in [0.2, 0.25) is 5.02 Å². The summed E-state index contributed by atoms with van der Waals surface area (Å²) in [5, 5.41) is 5.58. The SMILES string of the molecule is CN1C[C@H](c2ccc(Cl)cc2)[C@@H](C(=O)c2cccs2)[C@]12C(=O)Nc1ccccc12. The quantitative estimate of drug-likeness (QED) is 0.618. The van der Waals surface area contributed by atoms with Gasteiger partial charge in [0.25, 0.3) is 0 Å². The van der Waals surface area contributed by atoms with Gasteiger partial charge in [-0.25, -0.2) is 0 Å². The maximum atomic E-state index is 13.8. The molecule has 29 heavy (non-hydrogen) atoms. The molecule has 1 aromatic heterocycles. The van der Waals surface area contributed by atoms with E-state index in [1.54, 1.807) is 0 Å². The molecule has 1 amide bonds. The predicted molar refractivity (Wildman–Crippen MR) is 116 cm³/mol. The summed E-state index contributed by atoms with van der Waals surface area (Å²) < 4.78 is 0. The van der Waals surface area contributed by atoms with Crippen LogP contribution in [0.5, 0.6) is 0 Å². The van der Waals surface area contributed by atoms with E-state index in [1.807, 2.05) is 78.0 Å². The molecule has 2 aromatic carbocycles. The van der Waals surface area contributed by atoms with Crippen molar-refractivity contribution < 1.29 is 9.59 Å². The van der Waals surface area contributed by atoms with Crippen LogP contribution >= 0.6 is 22.9 Å². The van der Waals surface area contributed by atoms with Crippen LogP contribution in [0.4, 0.5) is 5.69 Å². The lowest BCUT2D eigenvalue weighted by atomic mass is 9.71. The van der Waals surface area contributed by atoms with Crippen LogP contribution in [0.1, 0.15) is 26.7 Å². The maximum Gasteiger partial charge on any atom is 0.250 e. The minimum atomic E-state index is -1.03. The van der Waals surface area contributed by atoms with E-state index in [2.05, 4.69) is 5.32 Å². The number of likely N-dealkylation sites (tertiary alicyclic amines) is 1. The Morgan fingerprint density at radius 1 is 1.14 bits per heavy atom. The van der Waals surface area contributed by atoms with Gasteiger partial charge in [0.1, 0.15) is 5.54 Å². The minimum Gasteiger partial charge on any atom is -0.324 e. The van der Waals surface area contributed by atoms with Crippen LogP contribution in [-0.4, -0.2) is 30.2 Å². The Hall–Kier alpha value is -2.47. The summed E-state index contributed by atoms with van der Waals surface area (Å²) in [6, 6.07) is 19.0. The number of para-hydroxylation sites is 1. The van der Waals surface area contributed by atoms with Gasteiger partial charge in [-0.05, 0) is 42.3 Å². The number of benzene rings is 2. The van der Waals surface area contributed by atoms with Crippen molar-refractivity contribution in [3.8, 4) is 0 Å². The fourth-order valence-electron chi connectivity index (χ4n) is 4.98. The molecular formula is C23H19ClN2O2S. The summed E-state index contributed by atoms with van der Waals surface area (Å²) in [5.74, 6) is -0.775. The number of carbonyl (C=O) groups is 2. The van der Waals surface area contributed by atoms with Gasteiger partial charge in [-0.3, -0.25) is 14.5 Å². The molecule has 1 fully saturated rings. The molecule has 5 rings (SSSR count). The number of thiophene rings is 1. The van der Waals surface area contributed by atoms with Gasteiger partial charge in [0, 0.05) is 28.7 Å². The highest BCUT2D eigenvalue weighted by Gasteiger charge is 2.64. The molecular weight excluding hydrogens is 404 g/mol. The van der Waals surface area contributed by atoms with Crippen LogP contribution in [0.15, 0.2) is 66.0 Å². The summed E-state index contributed by atoms with van der Waals surface area (Å²) in [6.07, 6.45) is 0. The third-order valence-electron chi connectivity index (χ3n) is 6.20. The zero-order valence-electron chi connectivity index (χ0n) is 15.8. The van der Waals surface area contributed by atoms with Crippen LogP contribution in [-0.2, 0) is 10.3 Å². The maximum absolute atomic E-state index is 13.8. The number of amides is 1. The average molecular weight is 423 g/mol. The number of nitrogens with one attached hydrogen (secondary N) is 1. The van der Waals surface area contributed by atoms with Crippen molar-refractivity contribution in [2.24, 2.45) is 5.92 Å². The zero-order valence-corrected chi connectivity index (χ0v) is 17.3. The molecule has 2 aliphatic heterocycles. The van der Waals surface area contributed by atoms with E-state index in [0.29, 0.717) is 16.4 Å². The lowest BCUT2D eigenvalue weighted by Crippen LogP contribution is -2.51. The van der Waals surface area contributed by atoms with Crippen molar-refractivity contribution in [2.75, 3.05) is 18.9 Å². The van der Waals surface area contributed by atoms with Crippen molar-refractivity contribution in [1.82, 2.24) is 4.90 Å². The third kappa shape index (κ3) is 2.61. The fourth-order valence-corrected chi connectivity index (χ4v) is 5.81. The van der Waals surface area contributed by atoms with E-state index in [-0.39, 0.29) is 17.6 Å². The third-order valence-corrected chi connectivity index (χ3v) is 7.34. The van der Waals surface area contributed by atoms with Gasteiger partial charge in [0.15, 0.2) is 5.78 Å². The predicted octanol–water partition coefficient (Wildman–Crippen LogP) is 4.78. The van der Waals surface area contributed by atoms with Crippen LogP contribution < -0.4 is 5.32 Å². The second kappa shape index (κ2) is 6.80. The molecule has 1 spiro atoms. The molecule has 0 aliphatic carbocycles. The van der Waals surface area contributed by atoms with Gasteiger partial charge >= 0.3 is 0 Å². The Morgan fingerprint density at radius 2 is 1.90 bits per heavy atom. The summed E-state index contributed by atoms with van der Waals surface area (Å²) in [4.78, 5) is 30.0. The average Bonchev–Trinajstić information content (AvgIpc) is 3.42. The van der Waals surface area contributed by atoms with Crippen LogP contribution in [0.3, 0.4) is 0 Å². The van der Waals surface area contributed by atoms with Crippen molar-refractivity contribution in [3.05, 3.63) is 87.1 Å². The van der Waals surface area contributed by atoms with Gasteiger partial charge in [0.05, 0.1) is 10.8 Å². The molecule has 1 saturated heterocycles. The Labute approximate surface area is 178 Å². The van der Waals surface area contributed by atoms with E-state index in [0.717, 1.165) is 16.8 Å². The standard InChI is InChI=1S/C23H19ClN2O2S/c1-26-13-16(14-8-10-15(24)11-9-14)20(21(27)19-7-4-12-29-19)23(26)17-5-2-3-6-18(17)25-22(23)28/h2-12,16,20H,13H2,1H3,(H,25,28)/t16-,20+,23-/m1/s1. The number of halogens is 1. The van der Waals surface area contributed by atoms with Gasteiger partial charge in [-0.2, -0.15) is 0 Å². The molecule has 2 aliphatic rings. The summed E-state index contributed by atoms with van der Waals surface area (Å²) >= 11 is 7.52. The topological polar surface area (TPSA) is 49.4 Å². The minimum absolute atomic E-state index is 0.0103. The lowest BCUT2D eigenvalue weighted by Gasteiger charge is -2.35. The van der Waals surface area contributed by atoms with E-state index >= 15 is 0 Å². The Bertz CT molecular complexity index is 1100. The van der Waals surface area contributed by atoms with Gasteiger partial charge in [-0.15, -0.1) is 11.3 Å². The Balaban J connectivity index is 1.73. The number of anilines is 1. The molecule has 3 atom stereocenters. The monoisotopic (exact) mass is 422 g/mol. The lowest BCUT2D eigenvalue weighted by molar-refractivity contribution is -0.126. The normalized spacial score (nSPS) is 25.9. The number of likely N-dealkylation sites (N-methyl/N-ethyl adjacent to an activating group) is 1. The molecule has 0 radical (unpaired) electrons. The summed E-state index contributed by atoms with van der Waals surface area (Å²) in [7, 11) is 1.94. The highest BCUT2D eigenvalue weighted by atomic mass is 35.5. The molecule has 0 saturated carbocycles. The smallest absolute Gasteiger partial charge is 0.250 e. The molecule has 0 unspecified atom stereocenters. The number of rotatable bonds is 3. The van der Waals surface area contributed by atoms with Crippen LogP contribution in [0.25, 0.3) is 0 Å². The van der Waals surface area contributed by atoms with Crippen LogP contribution in [0, 0.1) is 5.92 Å². The first-order valence-electron chi connectivity index (χ1n) is 9.49. The number of nitrogens with zero attached hydrogens (tertiary/aromatic N) is 1. The second-order valence-electron chi connectivity index (χ2n) is 7.62. The number of Topliss-reactive ketones (excluding diaryl/α,β-unsaturated/α-hetero) is 1. The molecule has 146 valence electrons. The van der Waals surface area contributed by atoms with Crippen molar-refractivity contribution >= 4 is 40.3 Å². The van der Waals surface area contributed by atoms with Crippen molar-refractivity contribution in [2.45, 2.75) is 11.5 Å². The molecule has 1 N–H and O–H groups in total. The van der Waals surface area contributed by atoms with Crippen molar-refractivity contribution in [1.29, 1.82) is 0 Å². The highest BCUT2D eigenvalue weighted by Crippen LogP contribution is 2.55. The number of ketones is 1. The van der Waals surface area contributed by atoms with Gasteiger partial charge < -0.3 is 5.32 Å². The summed E-state index contributed by atoms with van der Waals surface area (Å²) in [5.41, 5.74) is 1.65. The van der Waals surface area contributed by atoms with Gasteiger partial charge in [-0.1, -0.05) is 48.0 Å². The first-order chi connectivity index (χ1) is 14.0. The second-order valence-corrected chi connectivity index (χ2v) is 9.01. The fraction of sp³-hybridized carbons (Fsp3) is 0.217. The zero-order chi connectivity index (χ0) is 20.2. The number of carbonyl (C=O) groups excluding carboxylic acids is 2. The molecule has 6 heteroatoms. The summed E-state index contributed by atoms with van der Waals surface area (Å²) in [6.45, 7) is 0.602. The van der Waals surface area contributed by atoms with E-state index < -0.39 is 11.5 Å². The first-order valence-corrected chi connectivity index (χ1v) is 10.7. The first kappa shape index (κ1) is 18.6. The highest BCUT2D eigenvalue weighted by molar-refractivity contribution is 7.12. The molecule has 0 bridgehead atoms. The molecule has 3 aromatic rings. The number of hydrogen-bond donors (Lipinski definition) is 1. The van der Waals surface area contributed by atoms with Gasteiger partial charge in [0.2, 0.25) is 5.91 Å². The van der Waals surface area contributed by atoms with Crippen molar-refractivity contribution in [3.63, 3.8) is 0 Å². The largest absolute Gasteiger partial charge is 0.324 e. The molecule has 3 heterocycles. The molecule has 4 nitrogen and oxygen atoms in total. The van der Waals surface area contributed by atoms with E-state index in [1.165, 1.54) is 11.3 Å².